The first kappa shape index (κ1) is 37.3. The van der Waals surface area contributed by atoms with Crippen LogP contribution >= 0.6 is 0 Å². The lowest BCUT2D eigenvalue weighted by atomic mass is 9.89. The van der Waals surface area contributed by atoms with E-state index in [9.17, 15) is 19.5 Å². The molecule has 2 saturated heterocycles. The Balaban J connectivity index is 1.04. The Morgan fingerprint density at radius 2 is 1.59 bits per heavy atom. The number of aliphatic hydroxyl groups is 1. The van der Waals surface area contributed by atoms with E-state index in [-0.39, 0.29) is 55.2 Å². The number of benzene rings is 4. The molecule has 0 spiro atoms. The Morgan fingerprint density at radius 1 is 0.852 bits per heavy atom. The molecule has 11 heteroatoms. The van der Waals surface area contributed by atoms with Crippen LogP contribution in [0.2, 0.25) is 0 Å². The zero-order valence-electron chi connectivity index (χ0n) is 30.5. The van der Waals surface area contributed by atoms with Crippen molar-refractivity contribution in [3.05, 3.63) is 130 Å². The molecule has 282 valence electrons. The number of aromatic amines is 1. The quantitative estimate of drug-likeness (QED) is 0.108. The number of ether oxygens (including phenoxy) is 2. The van der Waals surface area contributed by atoms with Crippen molar-refractivity contribution < 1.29 is 29.3 Å². The van der Waals surface area contributed by atoms with Crippen molar-refractivity contribution in [2.45, 2.75) is 76.7 Å². The Morgan fingerprint density at radius 3 is 2.33 bits per heavy atom. The summed E-state index contributed by atoms with van der Waals surface area (Å²) in [5.74, 6) is -1.02. The fourth-order valence-electron chi connectivity index (χ4n) is 7.76. The van der Waals surface area contributed by atoms with Crippen molar-refractivity contribution in [2.24, 2.45) is 5.92 Å². The molecule has 0 radical (unpaired) electrons. The summed E-state index contributed by atoms with van der Waals surface area (Å²) in [5.41, 5.74) is 7.55. The maximum absolute atomic E-state index is 12.9. The summed E-state index contributed by atoms with van der Waals surface area (Å²) in [5, 5.41) is 21.4. The highest BCUT2D eigenvalue weighted by Crippen LogP contribution is 2.42. The van der Waals surface area contributed by atoms with E-state index in [0.29, 0.717) is 13.0 Å². The summed E-state index contributed by atoms with van der Waals surface area (Å²) in [6, 6.07) is 32.1. The number of imidazole rings is 1. The largest absolute Gasteiger partial charge is 0.481 e. The smallest absolute Gasteiger partial charge is 0.326 e. The molecule has 0 saturated carbocycles. The molecule has 5 aromatic rings. The summed E-state index contributed by atoms with van der Waals surface area (Å²) < 4.78 is 15.4. The van der Waals surface area contributed by atoms with Crippen molar-refractivity contribution in [2.75, 3.05) is 19.6 Å². The highest BCUT2D eigenvalue weighted by Gasteiger charge is 2.39. The van der Waals surface area contributed by atoms with Crippen molar-refractivity contribution in [1.82, 2.24) is 19.8 Å². The lowest BCUT2D eigenvalue weighted by Crippen LogP contribution is -2.47. The number of carboxylic acid groups (broad SMARTS) is 1. The van der Waals surface area contributed by atoms with Gasteiger partial charge < -0.3 is 34.9 Å². The fourth-order valence-corrected chi connectivity index (χ4v) is 7.76. The van der Waals surface area contributed by atoms with E-state index in [1.165, 1.54) is 0 Å². The minimum atomic E-state index is -0.903. The molecule has 2 aliphatic heterocycles. The molecule has 7 rings (SSSR count). The molecule has 54 heavy (non-hydrogen) atoms. The molecular formula is C43H48N4O7. The Kier molecular flexibility index (Phi) is 11.7. The van der Waals surface area contributed by atoms with Crippen molar-refractivity contribution in [3.8, 4) is 11.1 Å². The minimum Gasteiger partial charge on any atom is -0.481 e. The lowest BCUT2D eigenvalue weighted by molar-refractivity contribution is -0.276. The number of aliphatic hydroxyl groups excluding tert-OH is 1. The summed E-state index contributed by atoms with van der Waals surface area (Å²) >= 11 is 0. The number of carboxylic acids is 1. The number of H-pyrrole nitrogens is 1. The monoisotopic (exact) mass is 732 g/mol. The molecule has 1 aromatic heterocycles. The summed E-state index contributed by atoms with van der Waals surface area (Å²) in [6.07, 6.45) is 1.28. The first-order valence-electron chi connectivity index (χ1n) is 18.9. The predicted octanol–water partition coefficient (Wildman–Crippen LogP) is 6.49. The molecule has 4 aromatic carbocycles. The van der Waals surface area contributed by atoms with E-state index >= 15 is 0 Å². The van der Waals surface area contributed by atoms with Gasteiger partial charge in [-0.05, 0) is 65.3 Å². The standard InChI is InChI=1S/C43H48N4O7/c1-28-38(26-46-22-20-35(21-23-46)47-37-9-3-2-8-36(37)45-43(47)52)53-42(54-41(28)32-14-12-29(27-48)13-15-32)33-18-16-31(17-19-33)34-7-4-6-30(24-34)25-44-39(49)10-5-11-40(50)51/h2-4,6-9,12-19,24,28,35,38,41-42,48H,5,10-11,20-23,25-27H2,1H3,(H,44,49)(H,45,52)(H,50,51). The van der Waals surface area contributed by atoms with E-state index in [0.717, 1.165) is 76.9 Å². The topological polar surface area (TPSA) is 146 Å². The van der Waals surface area contributed by atoms with Crippen LogP contribution in [-0.4, -0.2) is 62.3 Å². The molecule has 4 N–H and O–H groups in total. The van der Waals surface area contributed by atoms with E-state index in [2.05, 4.69) is 34.3 Å². The third kappa shape index (κ3) is 8.66. The van der Waals surface area contributed by atoms with Crippen molar-refractivity contribution >= 4 is 22.9 Å². The number of hydrogen-bond donors (Lipinski definition) is 4. The first-order chi connectivity index (χ1) is 26.2. The molecule has 0 aliphatic carbocycles. The van der Waals surface area contributed by atoms with Gasteiger partial charge in [-0.2, -0.15) is 0 Å². The van der Waals surface area contributed by atoms with Crippen LogP contribution in [0.4, 0.5) is 0 Å². The van der Waals surface area contributed by atoms with Gasteiger partial charge in [0.1, 0.15) is 0 Å². The third-order valence-corrected chi connectivity index (χ3v) is 10.8. The lowest BCUT2D eigenvalue weighted by Gasteiger charge is -2.44. The molecule has 4 atom stereocenters. The zero-order chi connectivity index (χ0) is 37.6. The Bertz CT molecular complexity index is 2100. The average molecular weight is 733 g/mol. The van der Waals surface area contributed by atoms with Crippen molar-refractivity contribution in [1.29, 1.82) is 0 Å². The maximum Gasteiger partial charge on any atom is 0.326 e. The summed E-state index contributed by atoms with van der Waals surface area (Å²) in [6.45, 7) is 4.97. The number of amides is 1. The fraction of sp³-hybridized carbons (Fsp3) is 0.372. The molecular weight excluding hydrogens is 684 g/mol. The second-order valence-electron chi connectivity index (χ2n) is 14.5. The highest BCUT2D eigenvalue weighted by molar-refractivity contribution is 5.77. The van der Waals surface area contributed by atoms with Crippen LogP contribution in [0.3, 0.4) is 0 Å². The van der Waals surface area contributed by atoms with E-state index in [4.69, 9.17) is 14.6 Å². The van der Waals surface area contributed by atoms with Gasteiger partial charge in [0.15, 0.2) is 6.29 Å². The van der Waals surface area contributed by atoms with Crippen LogP contribution in [0.5, 0.6) is 0 Å². The number of aliphatic carboxylic acids is 1. The molecule has 0 bridgehead atoms. The average Bonchev–Trinajstić information content (AvgIpc) is 3.54. The maximum atomic E-state index is 12.9. The highest BCUT2D eigenvalue weighted by atomic mass is 16.7. The molecule has 11 nitrogen and oxygen atoms in total. The molecule has 1 amide bonds. The molecule has 4 unspecified atom stereocenters. The number of nitrogens with zero attached hydrogens (tertiary/aromatic N) is 2. The van der Waals surface area contributed by atoms with Crippen LogP contribution < -0.4 is 11.0 Å². The Labute approximate surface area is 314 Å². The van der Waals surface area contributed by atoms with Gasteiger partial charge >= 0.3 is 11.7 Å². The van der Waals surface area contributed by atoms with Gasteiger partial charge in [0, 0.05) is 56.5 Å². The van der Waals surface area contributed by atoms with Gasteiger partial charge in [-0.3, -0.25) is 14.2 Å². The molecule has 3 heterocycles. The second kappa shape index (κ2) is 16.9. The number of piperidine rings is 1. The number of carbonyl (C=O) groups excluding carboxylic acids is 1. The number of carbonyl (C=O) groups is 2. The normalized spacial score (nSPS) is 20.9. The van der Waals surface area contributed by atoms with E-state index in [1.807, 2.05) is 89.5 Å². The molecule has 2 fully saturated rings. The van der Waals surface area contributed by atoms with Gasteiger partial charge in [0.25, 0.3) is 0 Å². The predicted molar refractivity (Wildman–Crippen MR) is 205 cm³/mol. The number of nitrogens with one attached hydrogen (secondary N) is 2. The van der Waals surface area contributed by atoms with E-state index < -0.39 is 12.3 Å². The van der Waals surface area contributed by atoms with Crippen molar-refractivity contribution in [3.63, 3.8) is 0 Å². The Hall–Kier alpha value is -5.07. The number of likely N-dealkylation sites (tertiary alicyclic amines) is 1. The van der Waals surface area contributed by atoms with Gasteiger partial charge in [-0.15, -0.1) is 0 Å². The van der Waals surface area contributed by atoms with Crippen LogP contribution in [0.1, 0.15) is 79.7 Å². The van der Waals surface area contributed by atoms with E-state index in [1.54, 1.807) is 0 Å². The van der Waals surface area contributed by atoms with Crippen LogP contribution in [0.25, 0.3) is 22.2 Å². The number of rotatable bonds is 13. The first-order valence-corrected chi connectivity index (χ1v) is 18.9. The van der Waals surface area contributed by atoms with Gasteiger partial charge in [0.05, 0.1) is 29.8 Å². The van der Waals surface area contributed by atoms with Crippen LogP contribution in [0.15, 0.2) is 102 Å². The van der Waals surface area contributed by atoms with Gasteiger partial charge in [-0.25, -0.2) is 4.79 Å². The third-order valence-electron chi connectivity index (χ3n) is 10.8. The van der Waals surface area contributed by atoms with Gasteiger partial charge in [-0.1, -0.05) is 85.8 Å². The molecule has 2 aliphatic rings. The number of aromatic nitrogens is 2. The second-order valence-corrected chi connectivity index (χ2v) is 14.5. The van der Waals surface area contributed by atoms with Gasteiger partial charge in [0.2, 0.25) is 5.91 Å². The number of fused-ring (bicyclic) bond motifs is 1. The minimum absolute atomic E-state index is 0.0190. The van der Waals surface area contributed by atoms with Crippen LogP contribution in [0, 0.1) is 5.92 Å². The number of hydrogen-bond acceptors (Lipinski definition) is 7. The SMILES string of the molecule is CC1C(CN2CCC(n3c(=O)[nH]c4ccccc43)CC2)OC(c2ccc(-c3cccc(CNC(=O)CCCC(=O)O)c3)cc2)OC1c1ccc(CO)cc1. The zero-order valence-corrected chi connectivity index (χ0v) is 30.5. The summed E-state index contributed by atoms with van der Waals surface area (Å²) in [4.78, 5) is 41.3. The summed E-state index contributed by atoms with van der Waals surface area (Å²) in [7, 11) is 0. The van der Waals surface area contributed by atoms with Crippen LogP contribution in [-0.2, 0) is 32.2 Å². The number of para-hydroxylation sites is 2.